The SMILES string of the molecule is O=C(CC1(O)CCCC1)N1CCOC(c2ccccc2Cl)C1. The van der Waals surface area contributed by atoms with Gasteiger partial charge in [-0.25, -0.2) is 0 Å². The van der Waals surface area contributed by atoms with Crippen LogP contribution in [0.25, 0.3) is 0 Å². The number of benzene rings is 1. The Morgan fingerprint density at radius 2 is 2.09 bits per heavy atom. The fourth-order valence-electron chi connectivity index (χ4n) is 3.40. The highest BCUT2D eigenvalue weighted by Crippen LogP contribution is 2.34. The number of hydrogen-bond donors (Lipinski definition) is 1. The van der Waals surface area contributed by atoms with Crippen LogP contribution in [0, 0.1) is 0 Å². The van der Waals surface area contributed by atoms with E-state index in [-0.39, 0.29) is 18.4 Å². The molecule has 1 atom stereocenters. The first-order valence-corrected chi connectivity index (χ1v) is 8.31. The molecule has 4 nitrogen and oxygen atoms in total. The number of rotatable bonds is 3. The molecule has 2 aliphatic rings. The van der Waals surface area contributed by atoms with Gasteiger partial charge in [0.25, 0.3) is 0 Å². The van der Waals surface area contributed by atoms with Crippen LogP contribution >= 0.6 is 11.6 Å². The molecule has 1 heterocycles. The van der Waals surface area contributed by atoms with E-state index in [0.29, 0.717) is 24.7 Å². The van der Waals surface area contributed by atoms with Crippen LogP contribution in [0.3, 0.4) is 0 Å². The third-order valence-electron chi connectivity index (χ3n) is 4.69. The number of hydrogen-bond acceptors (Lipinski definition) is 3. The molecule has 0 spiro atoms. The van der Waals surface area contributed by atoms with Gasteiger partial charge in [-0.15, -0.1) is 0 Å². The Morgan fingerprint density at radius 3 is 2.82 bits per heavy atom. The van der Waals surface area contributed by atoms with Crippen molar-refractivity contribution < 1.29 is 14.6 Å². The van der Waals surface area contributed by atoms with Gasteiger partial charge in [0, 0.05) is 17.1 Å². The number of carbonyl (C=O) groups excluding carboxylic acids is 1. The molecule has 1 N–H and O–H groups in total. The van der Waals surface area contributed by atoms with Crippen molar-refractivity contribution in [1.82, 2.24) is 4.90 Å². The normalized spacial score (nSPS) is 24.5. The van der Waals surface area contributed by atoms with Gasteiger partial charge in [0.05, 0.1) is 25.2 Å². The van der Waals surface area contributed by atoms with Crippen molar-refractivity contribution >= 4 is 17.5 Å². The summed E-state index contributed by atoms with van der Waals surface area (Å²) in [7, 11) is 0. The van der Waals surface area contributed by atoms with Crippen LogP contribution in [0.2, 0.25) is 5.02 Å². The molecule has 0 bridgehead atoms. The zero-order chi connectivity index (χ0) is 15.6. The molecule has 120 valence electrons. The van der Waals surface area contributed by atoms with E-state index in [9.17, 15) is 9.90 Å². The predicted octanol–water partition coefficient (Wildman–Crippen LogP) is 2.94. The Bertz CT molecular complexity index is 542. The minimum absolute atomic E-state index is 0.0183. The van der Waals surface area contributed by atoms with Crippen molar-refractivity contribution in [3.63, 3.8) is 0 Å². The van der Waals surface area contributed by atoms with E-state index in [4.69, 9.17) is 16.3 Å². The van der Waals surface area contributed by atoms with E-state index in [1.165, 1.54) is 0 Å². The maximum absolute atomic E-state index is 12.5. The van der Waals surface area contributed by atoms with Gasteiger partial charge in [-0.1, -0.05) is 42.6 Å². The van der Waals surface area contributed by atoms with E-state index < -0.39 is 5.60 Å². The third-order valence-corrected chi connectivity index (χ3v) is 5.03. The topological polar surface area (TPSA) is 49.8 Å². The summed E-state index contributed by atoms with van der Waals surface area (Å²) in [5.74, 6) is 0.0183. The average Bonchev–Trinajstić information content (AvgIpc) is 2.94. The molecule has 22 heavy (non-hydrogen) atoms. The van der Waals surface area contributed by atoms with Gasteiger partial charge in [-0.2, -0.15) is 0 Å². The Kier molecular flexibility index (Phi) is 4.71. The molecule has 1 saturated carbocycles. The summed E-state index contributed by atoms with van der Waals surface area (Å²) in [4.78, 5) is 14.3. The van der Waals surface area contributed by atoms with Gasteiger partial charge < -0.3 is 14.7 Å². The molecule has 1 aliphatic heterocycles. The highest BCUT2D eigenvalue weighted by atomic mass is 35.5. The van der Waals surface area contributed by atoms with Crippen molar-refractivity contribution in [2.24, 2.45) is 0 Å². The monoisotopic (exact) mass is 323 g/mol. The van der Waals surface area contributed by atoms with E-state index in [2.05, 4.69) is 0 Å². The van der Waals surface area contributed by atoms with Crippen molar-refractivity contribution in [2.45, 2.75) is 43.8 Å². The molecule has 0 radical (unpaired) electrons. The fraction of sp³-hybridized carbons (Fsp3) is 0.588. The lowest BCUT2D eigenvalue weighted by molar-refractivity contribution is -0.144. The minimum Gasteiger partial charge on any atom is -0.389 e. The minimum atomic E-state index is -0.796. The second-order valence-corrected chi connectivity index (χ2v) is 6.74. The molecule has 2 fully saturated rings. The average molecular weight is 324 g/mol. The van der Waals surface area contributed by atoms with E-state index in [1.54, 1.807) is 4.90 Å². The van der Waals surface area contributed by atoms with Crippen LogP contribution < -0.4 is 0 Å². The van der Waals surface area contributed by atoms with Gasteiger partial charge in [-0.3, -0.25) is 4.79 Å². The van der Waals surface area contributed by atoms with Crippen LogP contribution in [0.1, 0.15) is 43.8 Å². The first-order chi connectivity index (χ1) is 10.6. The van der Waals surface area contributed by atoms with Gasteiger partial charge in [0.15, 0.2) is 0 Å². The summed E-state index contributed by atoms with van der Waals surface area (Å²) in [6, 6.07) is 7.58. The summed E-state index contributed by atoms with van der Waals surface area (Å²) in [6.45, 7) is 1.58. The van der Waals surface area contributed by atoms with Crippen molar-refractivity contribution in [3.8, 4) is 0 Å². The van der Waals surface area contributed by atoms with Gasteiger partial charge in [0.2, 0.25) is 5.91 Å². The first-order valence-electron chi connectivity index (χ1n) is 7.94. The van der Waals surface area contributed by atoms with E-state index in [0.717, 1.165) is 31.2 Å². The van der Waals surface area contributed by atoms with Crippen LogP contribution in [0.4, 0.5) is 0 Å². The molecule has 3 rings (SSSR count). The zero-order valence-electron chi connectivity index (χ0n) is 12.6. The summed E-state index contributed by atoms with van der Waals surface area (Å²) < 4.78 is 5.78. The molecular weight excluding hydrogens is 302 g/mol. The largest absolute Gasteiger partial charge is 0.389 e. The molecule has 1 aromatic rings. The van der Waals surface area contributed by atoms with Crippen LogP contribution in [-0.2, 0) is 9.53 Å². The second-order valence-electron chi connectivity index (χ2n) is 6.33. The van der Waals surface area contributed by atoms with Crippen LogP contribution in [0.5, 0.6) is 0 Å². The number of nitrogens with zero attached hydrogens (tertiary/aromatic N) is 1. The highest BCUT2D eigenvalue weighted by Gasteiger charge is 2.36. The summed E-state index contributed by atoms with van der Waals surface area (Å²) >= 11 is 6.22. The quantitative estimate of drug-likeness (QED) is 0.930. The number of amides is 1. The fourth-order valence-corrected chi connectivity index (χ4v) is 3.66. The van der Waals surface area contributed by atoms with Crippen molar-refractivity contribution in [1.29, 1.82) is 0 Å². The second kappa shape index (κ2) is 6.57. The Labute approximate surface area is 136 Å². The number of halogens is 1. The van der Waals surface area contributed by atoms with Crippen LogP contribution in [0.15, 0.2) is 24.3 Å². The van der Waals surface area contributed by atoms with Crippen LogP contribution in [-0.4, -0.2) is 41.2 Å². The lowest BCUT2D eigenvalue weighted by Gasteiger charge is -2.35. The van der Waals surface area contributed by atoms with Crippen molar-refractivity contribution in [2.75, 3.05) is 19.7 Å². The van der Waals surface area contributed by atoms with Gasteiger partial charge in [0.1, 0.15) is 6.10 Å². The molecule has 1 aromatic carbocycles. The standard InChI is InChI=1S/C17H22ClNO3/c18-14-6-2-1-5-13(14)15-12-19(9-10-22-15)16(20)11-17(21)7-3-4-8-17/h1-2,5-6,15,21H,3-4,7-12H2. The van der Waals surface area contributed by atoms with E-state index >= 15 is 0 Å². The number of aliphatic hydroxyl groups is 1. The highest BCUT2D eigenvalue weighted by molar-refractivity contribution is 6.31. The third kappa shape index (κ3) is 3.45. The molecule has 1 saturated heterocycles. The molecule has 1 aliphatic carbocycles. The lowest BCUT2D eigenvalue weighted by Crippen LogP contribution is -2.45. The molecule has 1 amide bonds. The summed E-state index contributed by atoms with van der Waals surface area (Å²) in [6.07, 6.45) is 3.52. The molecular formula is C17H22ClNO3. The molecule has 0 aromatic heterocycles. The van der Waals surface area contributed by atoms with Crippen molar-refractivity contribution in [3.05, 3.63) is 34.9 Å². The number of carbonyl (C=O) groups is 1. The zero-order valence-corrected chi connectivity index (χ0v) is 13.4. The summed E-state index contributed by atoms with van der Waals surface area (Å²) in [5, 5.41) is 11.1. The smallest absolute Gasteiger partial charge is 0.225 e. The Balaban J connectivity index is 1.65. The number of morpholine rings is 1. The van der Waals surface area contributed by atoms with E-state index in [1.807, 2.05) is 24.3 Å². The first kappa shape index (κ1) is 15.8. The molecule has 5 heteroatoms. The molecule has 1 unspecified atom stereocenters. The van der Waals surface area contributed by atoms with Gasteiger partial charge >= 0.3 is 0 Å². The summed E-state index contributed by atoms with van der Waals surface area (Å²) in [5.41, 5.74) is 0.121. The Morgan fingerprint density at radius 1 is 1.36 bits per heavy atom. The lowest BCUT2D eigenvalue weighted by atomic mass is 9.97. The van der Waals surface area contributed by atoms with Gasteiger partial charge in [-0.05, 0) is 18.9 Å². The maximum Gasteiger partial charge on any atom is 0.225 e. The Hall–Kier alpha value is -1.10. The number of ether oxygens (including phenoxy) is 1. The maximum atomic E-state index is 12.5. The predicted molar refractivity (Wildman–Crippen MR) is 84.8 cm³/mol.